The second kappa shape index (κ2) is 11.7. The first-order chi connectivity index (χ1) is 17.1. The van der Waals surface area contributed by atoms with Crippen LogP contribution in [0.3, 0.4) is 0 Å². The first-order valence-corrected chi connectivity index (χ1v) is 11.4. The largest absolute Gasteiger partial charge is 0.493 e. The Hall–Kier alpha value is -4.32. The zero-order valence-electron chi connectivity index (χ0n) is 19.5. The van der Waals surface area contributed by atoms with Crippen molar-refractivity contribution in [1.29, 1.82) is 0 Å². The van der Waals surface area contributed by atoms with Gasteiger partial charge in [-0.2, -0.15) is 4.98 Å². The Morgan fingerprint density at radius 1 is 0.743 bits per heavy atom. The highest BCUT2D eigenvalue weighted by molar-refractivity contribution is 5.77. The maximum Gasteiger partial charge on any atom is 0.307 e. The molecule has 0 amide bonds. The van der Waals surface area contributed by atoms with Gasteiger partial charge in [-0.3, -0.25) is 4.79 Å². The molecule has 0 aliphatic heterocycles. The minimum Gasteiger partial charge on any atom is -0.493 e. The molecule has 0 aliphatic rings. The molecular formula is C29H27NO5. The van der Waals surface area contributed by atoms with Crippen LogP contribution >= 0.6 is 0 Å². The fourth-order valence-corrected chi connectivity index (χ4v) is 3.63. The number of rotatable bonds is 11. The van der Waals surface area contributed by atoms with Crippen molar-refractivity contribution >= 4 is 5.97 Å². The van der Waals surface area contributed by atoms with E-state index in [1.807, 2.05) is 79.7 Å². The number of benzene rings is 3. The van der Waals surface area contributed by atoms with Gasteiger partial charge < -0.3 is 19.3 Å². The summed E-state index contributed by atoms with van der Waals surface area (Å²) in [4.78, 5) is 16.0. The molecule has 1 N–H and O–H groups in total. The molecule has 0 fully saturated rings. The van der Waals surface area contributed by atoms with E-state index in [-0.39, 0.29) is 6.42 Å². The summed E-state index contributed by atoms with van der Waals surface area (Å²) in [6.07, 6.45) is -0.0920. The fourth-order valence-electron chi connectivity index (χ4n) is 3.63. The average Bonchev–Trinajstić information content (AvgIpc) is 2.88. The minimum absolute atomic E-state index is 0.0920. The topological polar surface area (TPSA) is 77.9 Å². The van der Waals surface area contributed by atoms with E-state index in [0.29, 0.717) is 48.5 Å². The molecule has 4 rings (SSSR count). The summed E-state index contributed by atoms with van der Waals surface area (Å²) < 4.78 is 17.9. The Bertz CT molecular complexity index is 1260. The molecule has 0 saturated heterocycles. The number of carboxylic acids is 1. The second-order valence-corrected chi connectivity index (χ2v) is 7.88. The number of aromatic nitrogens is 1. The van der Waals surface area contributed by atoms with E-state index < -0.39 is 5.97 Å². The maximum atomic E-state index is 11.3. The molecule has 0 unspecified atom stereocenters. The summed E-state index contributed by atoms with van der Waals surface area (Å²) in [7, 11) is 0. The highest BCUT2D eigenvalue weighted by Gasteiger charge is 2.17. The summed E-state index contributed by atoms with van der Waals surface area (Å²) in [5.41, 5.74) is 4.11. The van der Waals surface area contributed by atoms with Crippen molar-refractivity contribution in [3.05, 3.63) is 108 Å². The number of hydrogen-bond donors (Lipinski definition) is 1. The third-order valence-electron chi connectivity index (χ3n) is 5.27. The number of nitrogens with zero attached hydrogens (tertiary/aromatic N) is 1. The molecule has 0 spiro atoms. The third kappa shape index (κ3) is 6.60. The van der Waals surface area contributed by atoms with Gasteiger partial charge in [0.1, 0.15) is 19.0 Å². The van der Waals surface area contributed by atoms with Crippen LogP contribution in [0.5, 0.6) is 17.5 Å². The molecule has 35 heavy (non-hydrogen) atoms. The van der Waals surface area contributed by atoms with Gasteiger partial charge in [-0.05, 0) is 41.8 Å². The normalized spacial score (nSPS) is 10.5. The highest BCUT2D eigenvalue weighted by atomic mass is 16.5. The Kier molecular flexibility index (Phi) is 7.96. The van der Waals surface area contributed by atoms with E-state index in [1.165, 1.54) is 0 Å². The molecule has 0 atom stereocenters. The van der Waals surface area contributed by atoms with Crippen LogP contribution in [0.2, 0.25) is 0 Å². The van der Waals surface area contributed by atoms with E-state index in [1.54, 1.807) is 18.2 Å². The van der Waals surface area contributed by atoms with Crippen LogP contribution in [0.25, 0.3) is 11.1 Å². The highest BCUT2D eigenvalue weighted by Crippen LogP contribution is 2.38. The van der Waals surface area contributed by atoms with Gasteiger partial charge in [0.15, 0.2) is 0 Å². The monoisotopic (exact) mass is 469 g/mol. The van der Waals surface area contributed by atoms with Gasteiger partial charge in [0, 0.05) is 17.2 Å². The van der Waals surface area contributed by atoms with Crippen LogP contribution in [0.1, 0.15) is 23.6 Å². The van der Waals surface area contributed by atoms with Crippen molar-refractivity contribution in [2.75, 3.05) is 6.61 Å². The molecule has 3 aromatic carbocycles. The molecule has 0 bridgehead atoms. The number of aliphatic carboxylic acids is 1. The minimum atomic E-state index is -0.900. The van der Waals surface area contributed by atoms with Crippen molar-refractivity contribution in [1.82, 2.24) is 4.98 Å². The molecule has 0 saturated carbocycles. The van der Waals surface area contributed by atoms with E-state index >= 15 is 0 Å². The van der Waals surface area contributed by atoms with Crippen molar-refractivity contribution < 1.29 is 24.1 Å². The summed E-state index contributed by atoms with van der Waals surface area (Å²) >= 11 is 0. The van der Waals surface area contributed by atoms with E-state index in [4.69, 9.17) is 14.2 Å². The summed E-state index contributed by atoms with van der Waals surface area (Å²) in [6.45, 7) is 3.07. The molecular weight excluding hydrogens is 442 g/mol. The lowest BCUT2D eigenvalue weighted by atomic mass is 10.0. The van der Waals surface area contributed by atoms with E-state index in [0.717, 1.165) is 16.7 Å². The van der Waals surface area contributed by atoms with Gasteiger partial charge in [0.2, 0.25) is 11.8 Å². The molecule has 178 valence electrons. The van der Waals surface area contributed by atoms with Crippen molar-refractivity contribution in [3.63, 3.8) is 0 Å². The predicted octanol–water partition coefficient (Wildman–Crippen LogP) is 5.93. The van der Waals surface area contributed by atoms with Gasteiger partial charge in [-0.15, -0.1) is 0 Å². The van der Waals surface area contributed by atoms with E-state index in [2.05, 4.69) is 4.98 Å². The van der Waals surface area contributed by atoms with Gasteiger partial charge in [-0.25, -0.2) is 0 Å². The molecule has 0 aliphatic carbocycles. The van der Waals surface area contributed by atoms with Crippen LogP contribution < -0.4 is 14.2 Å². The Morgan fingerprint density at radius 3 is 2.03 bits per heavy atom. The van der Waals surface area contributed by atoms with Crippen LogP contribution in [-0.4, -0.2) is 22.7 Å². The quantitative estimate of drug-likeness (QED) is 0.293. The zero-order chi connectivity index (χ0) is 24.5. The number of ether oxygens (including phenoxy) is 3. The van der Waals surface area contributed by atoms with Crippen LogP contribution in [0.4, 0.5) is 0 Å². The van der Waals surface area contributed by atoms with Crippen molar-refractivity contribution in [2.24, 2.45) is 0 Å². The molecule has 4 aromatic rings. The standard InChI is InChI=1S/C29H27NO5/c1-2-33-26-15-13-23(18-28(31)32)17-25(26)24-14-16-27(34-19-21-9-5-3-6-10-21)30-29(24)35-20-22-11-7-4-8-12-22/h3-17H,2,18-20H2,1H3,(H,31,32). The van der Waals surface area contributed by atoms with Crippen molar-refractivity contribution in [3.8, 4) is 28.6 Å². The lowest BCUT2D eigenvalue weighted by Gasteiger charge is -2.16. The SMILES string of the molecule is CCOc1ccc(CC(=O)O)cc1-c1ccc(OCc2ccccc2)nc1OCc1ccccc1. The molecule has 6 nitrogen and oxygen atoms in total. The molecule has 0 radical (unpaired) electrons. The Balaban J connectivity index is 1.69. The number of carboxylic acid groups (broad SMARTS) is 1. The fraction of sp³-hybridized carbons (Fsp3) is 0.172. The number of pyridine rings is 1. The predicted molar refractivity (Wildman–Crippen MR) is 134 cm³/mol. The molecule has 1 heterocycles. The number of carbonyl (C=O) groups is 1. The molecule has 6 heteroatoms. The first-order valence-electron chi connectivity index (χ1n) is 11.4. The maximum absolute atomic E-state index is 11.3. The van der Waals surface area contributed by atoms with Crippen molar-refractivity contribution in [2.45, 2.75) is 26.6 Å². The second-order valence-electron chi connectivity index (χ2n) is 7.88. The van der Waals surface area contributed by atoms with Crippen LogP contribution in [0.15, 0.2) is 91.0 Å². The van der Waals surface area contributed by atoms with Crippen LogP contribution in [0, 0.1) is 0 Å². The Labute approximate surface area is 204 Å². The lowest BCUT2D eigenvalue weighted by molar-refractivity contribution is -0.136. The van der Waals surface area contributed by atoms with Gasteiger partial charge >= 0.3 is 5.97 Å². The average molecular weight is 470 g/mol. The summed E-state index contributed by atoms with van der Waals surface area (Å²) in [5, 5.41) is 9.27. The summed E-state index contributed by atoms with van der Waals surface area (Å²) in [5.74, 6) is 0.544. The van der Waals surface area contributed by atoms with E-state index in [9.17, 15) is 9.90 Å². The first kappa shape index (κ1) is 23.8. The summed E-state index contributed by atoms with van der Waals surface area (Å²) in [6, 6.07) is 28.7. The third-order valence-corrected chi connectivity index (χ3v) is 5.27. The van der Waals surface area contributed by atoms with Crippen LogP contribution in [-0.2, 0) is 24.4 Å². The zero-order valence-corrected chi connectivity index (χ0v) is 19.5. The van der Waals surface area contributed by atoms with Gasteiger partial charge in [0.05, 0.1) is 13.0 Å². The number of hydrogen-bond acceptors (Lipinski definition) is 5. The lowest BCUT2D eigenvalue weighted by Crippen LogP contribution is -2.04. The van der Waals surface area contributed by atoms with Gasteiger partial charge in [0.25, 0.3) is 0 Å². The van der Waals surface area contributed by atoms with Gasteiger partial charge in [-0.1, -0.05) is 66.7 Å². The Morgan fingerprint density at radius 2 is 1.40 bits per heavy atom. The molecule has 1 aromatic heterocycles. The smallest absolute Gasteiger partial charge is 0.307 e.